The normalized spacial score (nSPS) is 24.2. The Morgan fingerprint density at radius 2 is 1.90 bits per heavy atom. The molecule has 0 bridgehead atoms. The number of benzene rings is 1. The lowest BCUT2D eigenvalue weighted by Crippen LogP contribution is -2.65. The lowest BCUT2D eigenvalue weighted by Gasteiger charge is -2.44. The van der Waals surface area contributed by atoms with Gasteiger partial charge in [0.1, 0.15) is 11.2 Å². The quantitative estimate of drug-likeness (QED) is 0.756. The zero-order valence-electron chi connectivity index (χ0n) is 18.2. The van der Waals surface area contributed by atoms with Gasteiger partial charge >= 0.3 is 0 Å². The van der Waals surface area contributed by atoms with Crippen molar-refractivity contribution < 1.29 is 9.59 Å². The van der Waals surface area contributed by atoms with Gasteiger partial charge in [0.2, 0.25) is 5.91 Å². The van der Waals surface area contributed by atoms with E-state index in [1.54, 1.807) is 15.6 Å². The second kappa shape index (κ2) is 7.66. The summed E-state index contributed by atoms with van der Waals surface area (Å²) in [7, 11) is 0. The van der Waals surface area contributed by atoms with Gasteiger partial charge in [-0.2, -0.15) is 5.10 Å². The van der Waals surface area contributed by atoms with Gasteiger partial charge in [-0.25, -0.2) is 0 Å². The fourth-order valence-corrected chi connectivity index (χ4v) is 5.14. The maximum absolute atomic E-state index is 13.8. The van der Waals surface area contributed by atoms with Crippen molar-refractivity contribution in [3.8, 4) is 0 Å². The number of fused-ring (bicyclic) bond motifs is 1. The predicted molar refractivity (Wildman–Crippen MR) is 121 cm³/mol. The Morgan fingerprint density at radius 1 is 1.16 bits per heavy atom. The molecular weight excluding hydrogens is 412 g/mol. The summed E-state index contributed by atoms with van der Waals surface area (Å²) in [5.41, 5.74) is 2.00. The van der Waals surface area contributed by atoms with Crippen LogP contribution >= 0.6 is 11.6 Å². The van der Waals surface area contributed by atoms with Gasteiger partial charge in [0, 0.05) is 22.7 Å². The highest BCUT2D eigenvalue weighted by Gasteiger charge is 2.50. The highest BCUT2D eigenvalue weighted by atomic mass is 35.5. The van der Waals surface area contributed by atoms with E-state index >= 15 is 0 Å². The highest BCUT2D eigenvalue weighted by Crippen LogP contribution is 2.42. The molecule has 31 heavy (non-hydrogen) atoms. The molecule has 2 fully saturated rings. The first-order valence-corrected chi connectivity index (χ1v) is 11.7. The number of anilines is 1. The lowest BCUT2D eigenvalue weighted by atomic mass is 9.90. The minimum absolute atomic E-state index is 0.124. The number of nitrogens with zero attached hydrogens (tertiary/aromatic N) is 3. The van der Waals surface area contributed by atoms with Gasteiger partial charge in [-0.1, -0.05) is 36.9 Å². The number of hydrogen-bond acceptors (Lipinski definition) is 3. The topological polar surface area (TPSA) is 67.2 Å². The first-order chi connectivity index (χ1) is 14.9. The average molecular weight is 441 g/mol. The van der Waals surface area contributed by atoms with E-state index in [1.807, 2.05) is 32.0 Å². The van der Waals surface area contributed by atoms with Crippen LogP contribution < -0.4 is 10.2 Å². The number of hydrogen-bond donors (Lipinski definition) is 1. The number of carbonyl (C=O) groups excluding carboxylic acids is 2. The molecule has 164 valence electrons. The summed E-state index contributed by atoms with van der Waals surface area (Å²) >= 11 is 6.31. The molecular formula is C24H29ClN4O2. The standard InChI is InChI=1S/C24H29ClN4O2/c1-15-8-11-17(25)12-20(15)29-22(30)21-13-19(16-9-10-16)27-28(21)14-24(29,2)23(31)26-18-6-4-3-5-7-18/h8,11-13,16,18H,3-7,9-10,14H2,1-2H3,(H,26,31)/t24-/m1/s1. The first kappa shape index (κ1) is 20.6. The molecule has 7 heteroatoms. The summed E-state index contributed by atoms with van der Waals surface area (Å²) < 4.78 is 1.74. The summed E-state index contributed by atoms with van der Waals surface area (Å²) in [5.74, 6) is 0.119. The van der Waals surface area contributed by atoms with Gasteiger partial charge in [0.25, 0.3) is 5.91 Å². The zero-order valence-corrected chi connectivity index (χ0v) is 18.9. The summed E-state index contributed by atoms with van der Waals surface area (Å²) in [5, 5.41) is 8.51. The summed E-state index contributed by atoms with van der Waals surface area (Å²) in [6, 6.07) is 7.56. The van der Waals surface area contributed by atoms with Gasteiger partial charge in [-0.3, -0.25) is 19.2 Å². The van der Waals surface area contributed by atoms with Crippen LogP contribution in [-0.4, -0.2) is 33.2 Å². The Hall–Kier alpha value is -2.34. The molecule has 2 aliphatic carbocycles. The van der Waals surface area contributed by atoms with Crippen molar-refractivity contribution in [1.29, 1.82) is 0 Å². The Balaban J connectivity index is 1.57. The van der Waals surface area contributed by atoms with Crippen LogP contribution in [-0.2, 0) is 11.3 Å². The monoisotopic (exact) mass is 440 g/mol. The Bertz CT molecular complexity index is 1040. The number of halogens is 1. The van der Waals surface area contributed by atoms with Gasteiger partial charge in [0.15, 0.2) is 0 Å². The van der Waals surface area contributed by atoms with E-state index in [4.69, 9.17) is 16.7 Å². The molecule has 1 aromatic heterocycles. The molecule has 0 radical (unpaired) electrons. The van der Waals surface area contributed by atoms with Gasteiger partial charge in [-0.05, 0) is 63.3 Å². The number of aryl methyl sites for hydroxylation is 1. The van der Waals surface area contributed by atoms with Crippen molar-refractivity contribution in [2.75, 3.05) is 4.90 Å². The highest BCUT2D eigenvalue weighted by molar-refractivity contribution is 6.31. The van der Waals surface area contributed by atoms with E-state index in [1.165, 1.54) is 6.42 Å². The van der Waals surface area contributed by atoms with E-state index in [0.717, 1.165) is 49.8 Å². The van der Waals surface area contributed by atoms with Gasteiger partial charge in [-0.15, -0.1) is 0 Å². The maximum Gasteiger partial charge on any atom is 0.277 e. The zero-order chi connectivity index (χ0) is 21.8. The molecule has 1 aliphatic heterocycles. The number of rotatable bonds is 4. The fraction of sp³-hybridized carbons (Fsp3) is 0.542. The number of amides is 2. The second-order valence-electron chi connectivity index (χ2n) is 9.54. The number of carbonyl (C=O) groups is 2. The van der Waals surface area contributed by atoms with Crippen LogP contribution in [0.15, 0.2) is 24.3 Å². The van der Waals surface area contributed by atoms with Crippen LogP contribution in [0.4, 0.5) is 5.69 Å². The maximum atomic E-state index is 13.8. The molecule has 0 spiro atoms. The molecule has 2 saturated carbocycles. The van der Waals surface area contributed by atoms with Crippen molar-refractivity contribution in [3.63, 3.8) is 0 Å². The van der Waals surface area contributed by atoms with E-state index in [0.29, 0.717) is 28.9 Å². The largest absolute Gasteiger partial charge is 0.351 e. The summed E-state index contributed by atoms with van der Waals surface area (Å²) in [6.45, 7) is 4.12. The molecule has 2 amide bonds. The fourth-order valence-electron chi connectivity index (χ4n) is 4.97. The van der Waals surface area contributed by atoms with E-state index in [2.05, 4.69) is 5.32 Å². The lowest BCUT2D eigenvalue weighted by molar-refractivity contribution is -0.127. The van der Waals surface area contributed by atoms with Crippen molar-refractivity contribution in [1.82, 2.24) is 15.1 Å². The SMILES string of the molecule is Cc1ccc(Cl)cc1N1C(=O)c2cc(C3CC3)nn2C[C@]1(C)C(=O)NC1CCCCC1. The summed E-state index contributed by atoms with van der Waals surface area (Å²) in [6.07, 6.45) is 7.69. The van der Waals surface area contributed by atoms with Crippen molar-refractivity contribution in [2.45, 2.75) is 82.8 Å². The molecule has 0 unspecified atom stereocenters. The van der Waals surface area contributed by atoms with Gasteiger partial charge < -0.3 is 5.32 Å². The van der Waals surface area contributed by atoms with E-state index in [-0.39, 0.29) is 17.9 Å². The van der Waals surface area contributed by atoms with E-state index in [9.17, 15) is 9.59 Å². The Morgan fingerprint density at radius 3 is 2.61 bits per heavy atom. The molecule has 2 heterocycles. The Kier molecular flexibility index (Phi) is 5.08. The molecule has 3 aliphatic rings. The van der Waals surface area contributed by atoms with Crippen LogP contribution in [0.1, 0.15) is 79.5 Å². The third-order valence-electron chi connectivity index (χ3n) is 7.01. The summed E-state index contributed by atoms with van der Waals surface area (Å²) in [4.78, 5) is 29.1. The van der Waals surface area contributed by atoms with Gasteiger partial charge in [0.05, 0.1) is 12.2 Å². The molecule has 1 N–H and O–H groups in total. The number of aromatic nitrogens is 2. The number of nitrogens with one attached hydrogen (secondary N) is 1. The van der Waals surface area contributed by atoms with Crippen molar-refractivity contribution in [2.24, 2.45) is 0 Å². The first-order valence-electron chi connectivity index (χ1n) is 11.4. The average Bonchev–Trinajstić information content (AvgIpc) is 3.51. The predicted octanol–water partition coefficient (Wildman–Crippen LogP) is 4.59. The van der Waals surface area contributed by atoms with Crippen LogP contribution in [0.25, 0.3) is 0 Å². The second-order valence-corrected chi connectivity index (χ2v) is 9.98. The smallest absolute Gasteiger partial charge is 0.277 e. The minimum Gasteiger partial charge on any atom is -0.351 e. The van der Waals surface area contributed by atoms with Crippen LogP contribution in [0, 0.1) is 6.92 Å². The molecule has 1 atom stereocenters. The van der Waals surface area contributed by atoms with Crippen LogP contribution in [0.5, 0.6) is 0 Å². The molecule has 2 aromatic rings. The molecule has 6 nitrogen and oxygen atoms in total. The minimum atomic E-state index is -1.09. The molecule has 5 rings (SSSR count). The third-order valence-corrected chi connectivity index (χ3v) is 7.24. The van der Waals surface area contributed by atoms with Crippen molar-refractivity contribution >= 4 is 29.1 Å². The van der Waals surface area contributed by atoms with Crippen molar-refractivity contribution in [3.05, 3.63) is 46.2 Å². The molecule has 1 aromatic carbocycles. The van der Waals surface area contributed by atoms with Crippen LogP contribution in [0.3, 0.4) is 0 Å². The third kappa shape index (κ3) is 3.65. The molecule has 0 saturated heterocycles. The van der Waals surface area contributed by atoms with Crippen LogP contribution in [0.2, 0.25) is 5.02 Å². The Labute approximate surface area is 187 Å². The van der Waals surface area contributed by atoms with E-state index < -0.39 is 5.54 Å².